The number of hydrogen-bond acceptors (Lipinski definition) is 3. The van der Waals surface area contributed by atoms with Crippen molar-refractivity contribution < 1.29 is 4.79 Å². The molecule has 132 valence electrons. The van der Waals surface area contributed by atoms with Crippen molar-refractivity contribution in [3.63, 3.8) is 0 Å². The van der Waals surface area contributed by atoms with Crippen LogP contribution in [-0.4, -0.2) is 38.9 Å². The predicted octanol–water partition coefficient (Wildman–Crippen LogP) is 3.88. The fourth-order valence-electron chi connectivity index (χ4n) is 4.23. The molecular formula is C19H23ClN4O. The number of carbonyl (C=O) groups is 1. The minimum Gasteiger partial charge on any atom is -0.337 e. The average Bonchev–Trinajstić information content (AvgIpc) is 3.02. The molecule has 2 aromatic rings. The van der Waals surface area contributed by atoms with Gasteiger partial charge in [0.25, 0.3) is 5.91 Å². The number of piperidine rings is 1. The van der Waals surface area contributed by atoms with Crippen molar-refractivity contribution in [2.24, 2.45) is 11.8 Å². The quantitative estimate of drug-likeness (QED) is 0.818. The SMILES string of the molecule is Cc1nn(-c2cccc(Cl)c2)nc1C(=O)N1CC[C@@H]2CCCC[C@@H]2C1. The van der Waals surface area contributed by atoms with Gasteiger partial charge in [-0.25, -0.2) is 0 Å². The molecule has 1 aliphatic heterocycles. The summed E-state index contributed by atoms with van der Waals surface area (Å²) in [4.78, 5) is 16.5. The molecule has 4 rings (SSSR count). The first-order valence-electron chi connectivity index (χ1n) is 9.11. The van der Waals surface area contributed by atoms with Gasteiger partial charge in [-0.3, -0.25) is 4.79 Å². The van der Waals surface area contributed by atoms with Gasteiger partial charge in [0.2, 0.25) is 0 Å². The Bertz CT molecular complexity index is 787. The largest absolute Gasteiger partial charge is 0.337 e. The summed E-state index contributed by atoms with van der Waals surface area (Å²) in [5, 5.41) is 9.50. The normalized spacial score (nSPS) is 23.4. The van der Waals surface area contributed by atoms with Crippen molar-refractivity contribution in [1.82, 2.24) is 19.9 Å². The minimum absolute atomic E-state index is 0.00908. The van der Waals surface area contributed by atoms with Gasteiger partial charge in [0.1, 0.15) is 0 Å². The van der Waals surface area contributed by atoms with Crippen LogP contribution in [0.2, 0.25) is 5.02 Å². The van der Waals surface area contributed by atoms with Gasteiger partial charge in [0.05, 0.1) is 11.4 Å². The number of aryl methyl sites for hydroxylation is 1. The fourth-order valence-corrected chi connectivity index (χ4v) is 4.41. The van der Waals surface area contributed by atoms with Crippen LogP contribution < -0.4 is 0 Å². The van der Waals surface area contributed by atoms with Crippen LogP contribution in [-0.2, 0) is 0 Å². The number of fused-ring (bicyclic) bond motifs is 1. The van der Waals surface area contributed by atoms with Gasteiger partial charge in [0.15, 0.2) is 5.69 Å². The standard InChI is InChI=1S/C19H23ClN4O/c1-13-18(22-24(21-13)17-8-4-7-16(20)11-17)19(25)23-10-9-14-5-2-3-6-15(14)12-23/h4,7-8,11,14-15H,2-3,5-6,9-10,12H2,1H3/t14-,15+/m0/s1. The van der Waals surface area contributed by atoms with Gasteiger partial charge < -0.3 is 4.90 Å². The van der Waals surface area contributed by atoms with Crippen LogP contribution in [0.3, 0.4) is 0 Å². The lowest BCUT2D eigenvalue weighted by Gasteiger charge is -2.41. The molecule has 25 heavy (non-hydrogen) atoms. The molecule has 0 spiro atoms. The summed E-state index contributed by atoms with van der Waals surface area (Å²) in [5.74, 6) is 1.48. The third-order valence-corrected chi connectivity index (χ3v) is 5.84. The number of likely N-dealkylation sites (tertiary alicyclic amines) is 1. The van der Waals surface area contributed by atoms with Crippen molar-refractivity contribution in [2.45, 2.75) is 39.0 Å². The molecule has 1 aromatic carbocycles. The summed E-state index contributed by atoms with van der Waals surface area (Å²) in [6.45, 7) is 3.55. The second kappa shape index (κ2) is 6.79. The van der Waals surface area contributed by atoms with Crippen LogP contribution in [0.5, 0.6) is 0 Å². The van der Waals surface area contributed by atoms with Gasteiger partial charge in [-0.15, -0.1) is 5.10 Å². The summed E-state index contributed by atoms with van der Waals surface area (Å²) < 4.78 is 0. The van der Waals surface area contributed by atoms with E-state index in [1.807, 2.05) is 30.0 Å². The van der Waals surface area contributed by atoms with E-state index in [9.17, 15) is 4.79 Å². The molecule has 5 nitrogen and oxygen atoms in total. The highest BCUT2D eigenvalue weighted by Crippen LogP contribution is 2.36. The van der Waals surface area contributed by atoms with Gasteiger partial charge in [-0.2, -0.15) is 9.90 Å². The number of benzene rings is 1. The number of rotatable bonds is 2. The first kappa shape index (κ1) is 16.6. The maximum atomic E-state index is 13.0. The molecule has 2 fully saturated rings. The number of halogens is 1. The predicted molar refractivity (Wildman–Crippen MR) is 97.1 cm³/mol. The van der Waals surface area contributed by atoms with Crippen LogP contribution in [0.1, 0.15) is 48.3 Å². The van der Waals surface area contributed by atoms with Crippen molar-refractivity contribution in [2.75, 3.05) is 13.1 Å². The lowest BCUT2D eigenvalue weighted by Crippen LogP contribution is -2.45. The highest BCUT2D eigenvalue weighted by molar-refractivity contribution is 6.30. The number of amides is 1. The summed E-state index contributed by atoms with van der Waals surface area (Å²) in [6, 6.07) is 7.34. The Hall–Kier alpha value is -1.88. The molecule has 0 unspecified atom stereocenters. The average molecular weight is 359 g/mol. The Labute approximate surface area is 153 Å². The maximum absolute atomic E-state index is 13.0. The van der Waals surface area contributed by atoms with E-state index in [4.69, 9.17) is 11.6 Å². The zero-order valence-electron chi connectivity index (χ0n) is 14.5. The lowest BCUT2D eigenvalue weighted by molar-refractivity contribution is 0.0514. The molecular weight excluding hydrogens is 336 g/mol. The maximum Gasteiger partial charge on any atom is 0.276 e. The highest BCUT2D eigenvalue weighted by atomic mass is 35.5. The Morgan fingerprint density at radius 1 is 1.16 bits per heavy atom. The van der Waals surface area contributed by atoms with Crippen molar-refractivity contribution >= 4 is 17.5 Å². The van der Waals surface area contributed by atoms with Crippen LogP contribution in [0, 0.1) is 18.8 Å². The third-order valence-electron chi connectivity index (χ3n) is 5.60. The molecule has 0 N–H and O–H groups in total. The summed E-state index contributed by atoms with van der Waals surface area (Å²) >= 11 is 6.05. The summed E-state index contributed by atoms with van der Waals surface area (Å²) in [7, 11) is 0. The van der Waals surface area contributed by atoms with Gasteiger partial charge in [0, 0.05) is 18.1 Å². The van der Waals surface area contributed by atoms with E-state index in [0.29, 0.717) is 22.3 Å². The van der Waals surface area contributed by atoms with Crippen LogP contribution in [0.15, 0.2) is 24.3 Å². The topological polar surface area (TPSA) is 51.0 Å². The Morgan fingerprint density at radius 3 is 2.76 bits per heavy atom. The fraction of sp³-hybridized carbons (Fsp3) is 0.526. The first-order chi connectivity index (χ1) is 12.1. The van der Waals surface area contributed by atoms with E-state index < -0.39 is 0 Å². The van der Waals surface area contributed by atoms with Gasteiger partial charge in [-0.1, -0.05) is 36.9 Å². The van der Waals surface area contributed by atoms with Crippen LogP contribution in [0.25, 0.3) is 5.69 Å². The smallest absolute Gasteiger partial charge is 0.276 e. The highest BCUT2D eigenvalue weighted by Gasteiger charge is 2.34. The second-order valence-corrected chi connectivity index (χ2v) is 7.68. The van der Waals surface area contributed by atoms with Crippen LogP contribution in [0.4, 0.5) is 0 Å². The third kappa shape index (κ3) is 3.30. The molecule has 1 amide bonds. The molecule has 1 aliphatic carbocycles. The number of nitrogens with zero attached hydrogens (tertiary/aromatic N) is 4. The number of hydrogen-bond donors (Lipinski definition) is 0. The molecule has 1 saturated heterocycles. The zero-order chi connectivity index (χ0) is 17.4. The van der Waals surface area contributed by atoms with E-state index in [1.54, 1.807) is 6.07 Å². The van der Waals surface area contributed by atoms with Crippen molar-refractivity contribution in [3.05, 3.63) is 40.7 Å². The van der Waals surface area contributed by atoms with E-state index >= 15 is 0 Å². The summed E-state index contributed by atoms with van der Waals surface area (Å²) in [6.07, 6.45) is 6.35. The molecule has 1 saturated carbocycles. The minimum atomic E-state index is 0.00908. The molecule has 2 atom stereocenters. The lowest BCUT2D eigenvalue weighted by atomic mass is 9.75. The molecule has 6 heteroatoms. The van der Waals surface area contributed by atoms with E-state index in [0.717, 1.165) is 31.1 Å². The van der Waals surface area contributed by atoms with E-state index in [2.05, 4.69) is 10.2 Å². The second-order valence-electron chi connectivity index (χ2n) is 7.25. The Balaban J connectivity index is 1.54. The molecule has 0 radical (unpaired) electrons. The van der Waals surface area contributed by atoms with Gasteiger partial charge in [-0.05, 0) is 49.8 Å². The molecule has 1 aromatic heterocycles. The van der Waals surface area contributed by atoms with Crippen LogP contribution >= 0.6 is 11.6 Å². The summed E-state index contributed by atoms with van der Waals surface area (Å²) in [5.41, 5.74) is 1.88. The Morgan fingerprint density at radius 2 is 1.96 bits per heavy atom. The molecule has 2 aliphatic rings. The monoisotopic (exact) mass is 358 g/mol. The Kier molecular flexibility index (Phi) is 4.50. The molecule has 0 bridgehead atoms. The zero-order valence-corrected chi connectivity index (χ0v) is 15.2. The van der Waals surface area contributed by atoms with E-state index in [1.165, 1.54) is 30.5 Å². The van der Waals surface area contributed by atoms with Crippen molar-refractivity contribution in [3.8, 4) is 5.69 Å². The van der Waals surface area contributed by atoms with Crippen molar-refractivity contribution in [1.29, 1.82) is 0 Å². The molecule has 2 heterocycles. The van der Waals surface area contributed by atoms with E-state index in [-0.39, 0.29) is 5.91 Å². The first-order valence-corrected chi connectivity index (χ1v) is 9.49. The number of carbonyl (C=O) groups excluding carboxylic acids is 1. The van der Waals surface area contributed by atoms with Gasteiger partial charge >= 0.3 is 0 Å². The number of aromatic nitrogens is 3.